The third-order valence-corrected chi connectivity index (χ3v) is 4.62. The average molecular weight is 365 g/mol. The summed E-state index contributed by atoms with van der Waals surface area (Å²) in [5.74, 6) is -0.274. The lowest BCUT2D eigenvalue weighted by atomic mass is 9.98. The third-order valence-electron chi connectivity index (χ3n) is 4.62. The van der Waals surface area contributed by atoms with E-state index in [9.17, 15) is 14.4 Å². The molecule has 2 atom stereocenters. The summed E-state index contributed by atoms with van der Waals surface area (Å²) < 4.78 is 0. The lowest BCUT2D eigenvalue weighted by Gasteiger charge is -2.18. The van der Waals surface area contributed by atoms with Crippen molar-refractivity contribution < 1.29 is 14.4 Å². The first-order chi connectivity index (χ1) is 13.0. The van der Waals surface area contributed by atoms with Crippen LogP contribution in [0.4, 0.5) is 10.5 Å². The van der Waals surface area contributed by atoms with Gasteiger partial charge < -0.3 is 16.0 Å². The zero-order valence-electron chi connectivity index (χ0n) is 15.2. The maximum absolute atomic E-state index is 12.5. The smallest absolute Gasteiger partial charge is 0.319 e. The van der Waals surface area contributed by atoms with E-state index in [1.807, 2.05) is 42.5 Å². The van der Waals surface area contributed by atoms with Crippen LogP contribution in [-0.4, -0.2) is 30.3 Å². The standard InChI is InChI=1S/C21H23N3O3/c1-14(25)9-10-17(13-16-11-12-22-20(16)26)23-21(27)24-19-8-4-6-15-5-2-3-7-18(15)19/h2-10,16-17H,11-13H2,1H3,(H,22,26)(H2,23,24,27)/b10-9+/t16-,17+/m0/s1. The first-order valence-electron chi connectivity index (χ1n) is 9.04. The van der Waals surface area contributed by atoms with Crippen LogP contribution in [0.5, 0.6) is 0 Å². The van der Waals surface area contributed by atoms with Crippen molar-refractivity contribution in [2.45, 2.75) is 25.8 Å². The summed E-state index contributed by atoms with van der Waals surface area (Å²) in [6.07, 6.45) is 4.26. The van der Waals surface area contributed by atoms with Gasteiger partial charge in [0.15, 0.2) is 5.78 Å². The van der Waals surface area contributed by atoms with Crippen molar-refractivity contribution in [2.24, 2.45) is 5.92 Å². The molecule has 3 rings (SSSR count). The van der Waals surface area contributed by atoms with Crippen LogP contribution in [0.15, 0.2) is 54.6 Å². The summed E-state index contributed by atoms with van der Waals surface area (Å²) in [5.41, 5.74) is 0.707. The van der Waals surface area contributed by atoms with Crippen LogP contribution in [0.3, 0.4) is 0 Å². The molecule has 6 nitrogen and oxygen atoms in total. The zero-order valence-corrected chi connectivity index (χ0v) is 15.2. The number of fused-ring (bicyclic) bond motifs is 1. The molecular weight excluding hydrogens is 342 g/mol. The molecule has 3 N–H and O–H groups in total. The molecule has 6 heteroatoms. The van der Waals surface area contributed by atoms with Crippen molar-refractivity contribution in [3.8, 4) is 0 Å². The van der Waals surface area contributed by atoms with E-state index in [1.54, 1.807) is 6.08 Å². The summed E-state index contributed by atoms with van der Waals surface area (Å²) in [5, 5.41) is 10.5. The second-order valence-electron chi connectivity index (χ2n) is 6.71. The van der Waals surface area contributed by atoms with E-state index in [0.717, 1.165) is 17.2 Å². The van der Waals surface area contributed by atoms with E-state index in [1.165, 1.54) is 13.0 Å². The van der Waals surface area contributed by atoms with E-state index < -0.39 is 6.04 Å². The lowest BCUT2D eigenvalue weighted by molar-refractivity contribution is -0.122. The lowest BCUT2D eigenvalue weighted by Crippen LogP contribution is -2.39. The van der Waals surface area contributed by atoms with Gasteiger partial charge in [0.1, 0.15) is 0 Å². The highest BCUT2D eigenvalue weighted by Gasteiger charge is 2.27. The van der Waals surface area contributed by atoms with E-state index in [2.05, 4.69) is 16.0 Å². The second kappa shape index (κ2) is 8.49. The van der Waals surface area contributed by atoms with Crippen molar-refractivity contribution in [1.29, 1.82) is 0 Å². The van der Waals surface area contributed by atoms with Gasteiger partial charge in [-0.3, -0.25) is 9.59 Å². The predicted octanol–water partition coefficient (Wildman–Crippen LogP) is 3.00. The van der Waals surface area contributed by atoms with Crippen molar-refractivity contribution in [2.75, 3.05) is 11.9 Å². The van der Waals surface area contributed by atoms with Gasteiger partial charge in [0.05, 0.1) is 11.7 Å². The number of anilines is 1. The second-order valence-corrected chi connectivity index (χ2v) is 6.71. The minimum Gasteiger partial charge on any atom is -0.356 e. The van der Waals surface area contributed by atoms with Gasteiger partial charge in [-0.25, -0.2) is 4.79 Å². The Morgan fingerprint density at radius 1 is 1.22 bits per heavy atom. The van der Waals surface area contributed by atoms with Gasteiger partial charge in [0, 0.05) is 17.8 Å². The number of amides is 3. The molecule has 0 spiro atoms. The molecule has 1 aliphatic rings. The summed E-state index contributed by atoms with van der Waals surface area (Å²) in [7, 11) is 0. The number of carbonyl (C=O) groups is 3. The Kier molecular flexibility index (Phi) is 5.86. The Morgan fingerprint density at radius 3 is 2.74 bits per heavy atom. The number of rotatable bonds is 6. The number of carbonyl (C=O) groups excluding carboxylic acids is 3. The van der Waals surface area contributed by atoms with Gasteiger partial charge in [-0.1, -0.05) is 42.5 Å². The molecule has 0 bridgehead atoms. The van der Waals surface area contributed by atoms with Crippen LogP contribution in [0.1, 0.15) is 19.8 Å². The van der Waals surface area contributed by atoms with Crippen LogP contribution < -0.4 is 16.0 Å². The number of allylic oxidation sites excluding steroid dienone is 1. The Morgan fingerprint density at radius 2 is 2.00 bits per heavy atom. The maximum atomic E-state index is 12.5. The zero-order chi connectivity index (χ0) is 19.2. The average Bonchev–Trinajstić information content (AvgIpc) is 3.04. The minimum atomic E-state index is -0.405. The van der Waals surface area contributed by atoms with E-state index >= 15 is 0 Å². The number of benzene rings is 2. The highest BCUT2D eigenvalue weighted by Crippen LogP contribution is 2.23. The molecule has 3 amide bonds. The van der Waals surface area contributed by atoms with E-state index in [-0.39, 0.29) is 23.6 Å². The number of nitrogens with one attached hydrogen (secondary N) is 3. The molecule has 1 aliphatic heterocycles. The molecule has 1 saturated heterocycles. The maximum Gasteiger partial charge on any atom is 0.319 e. The number of hydrogen-bond donors (Lipinski definition) is 3. The molecule has 0 radical (unpaired) electrons. The van der Waals surface area contributed by atoms with Crippen LogP contribution in [-0.2, 0) is 9.59 Å². The van der Waals surface area contributed by atoms with Crippen LogP contribution in [0.25, 0.3) is 10.8 Å². The normalized spacial score (nSPS) is 17.7. The molecule has 0 saturated carbocycles. The third kappa shape index (κ3) is 4.94. The molecule has 140 valence electrons. The monoisotopic (exact) mass is 365 g/mol. The quantitative estimate of drug-likeness (QED) is 0.688. The first-order valence-corrected chi connectivity index (χ1v) is 9.04. The molecule has 2 aromatic rings. The Hall–Kier alpha value is -3.15. The van der Waals surface area contributed by atoms with Crippen molar-refractivity contribution >= 4 is 34.2 Å². The van der Waals surface area contributed by atoms with Crippen molar-refractivity contribution in [3.05, 3.63) is 54.6 Å². The molecule has 1 heterocycles. The van der Waals surface area contributed by atoms with Crippen LogP contribution in [0, 0.1) is 5.92 Å². The fourth-order valence-corrected chi connectivity index (χ4v) is 3.27. The fraction of sp³-hybridized carbons (Fsp3) is 0.286. The summed E-state index contributed by atoms with van der Waals surface area (Å²) >= 11 is 0. The Balaban J connectivity index is 1.71. The molecular formula is C21H23N3O3. The van der Waals surface area contributed by atoms with Gasteiger partial charge in [-0.05, 0) is 37.3 Å². The molecule has 2 aromatic carbocycles. The van der Waals surface area contributed by atoms with E-state index in [4.69, 9.17) is 0 Å². The van der Waals surface area contributed by atoms with Crippen molar-refractivity contribution in [1.82, 2.24) is 10.6 Å². The van der Waals surface area contributed by atoms with Gasteiger partial charge in [-0.2, -0.15) is 0 Å². The highest BCUT2D eigenvalue weighted by atomic mass is 16.2. The van der Waals surface area contributed by atoms with Crippen LogP contribution >= 0.6 is 0 Å². The van der Waals surface area contributed by atoms with Gasteiger partial charge >= 0.3 is 6.03 Å². The number of urea groups is 1. The van der Waals surface area contributed by atoms with Crippen molar-refractivity contribution in [3.63, 3.8) is 0 Å². The van der Waals surface area contributed by atoms with Gasteiger partial charge in [0.25, 0.3) is 0 Å². The largest absolute Gasteiger partial charge is 0.356 e. The molecule has 1 fully saturated rings. The predicted molar refractivity (Wildman–Crippen MR) is 105 cm³/mol. The Bertz CT molecular complexity index is 886. The SMILES string of the molecule is CC(=O)/C=C/[C@H](C[C@@H]1CCNC1=O)NC(=O)Nc1cccc2ccccc12. The first kappa shape index (κ1) is 18.6. The van der Waals surface area contributed by atoms with Gasteiger partial charge in [-0.15, -0.1) is 0 Å². The highest BCUT2D eigenvalue weighted by molar-refractivity contribution is 6.01. The molecule has 27 heavy (non-hydrogen) atoms. The van der Waals surface area contributed by atoms with E-state index in [0.29, 0.717) is 18.7 Å². The number of hydrogen-bond acceptors (Lipinski definition) is 3. The molecule has 0 aliphatic carbocycles. The number of ketones is 1. The summed E-state index contributed by atoms with van der Waals surface area (Å²) in [4.78, 5) is 35.6. The minimum absolute atomic E-state index is 0.00696. The Labute approximate surface area is 158 Å². The van der Waals surface area contributed by atoms with Gasteiger partial charge in [0.2, 0.25) is 5.91 Å². The molecule has 0 unspecified atom stereocenters. The fourth-order valence-electron chi connectivity index (χ4n) is 3.27. The topological polar surface area (TPSA) is 87.3 Å². The summed E-state index contributed by atoms with van der Waals surface area (Å²) in [6.45, 7) is 2.10. The summed E-state index contributed by atoms with van der Waals surface area (Å²) in [6, 6.07) is 12.7. The molecule has 0 aromatic heterocycles. The van der Waals surface area contributed by atoms with Crippen LogP contribution in [0.2, 0.25) is 0 Å².